The lowest BCUT2D eigenvalue weighted by molar-refractivity contribution is -0.142. The summed E-state index contributed by atoms with van der Waals surface area (Å²) in [5, 5.41) is 18.5. The van der Waals surface area contributed by atoms with Gasteiger partial charge in [0.05, 0.1) is 0 Å². The van der Waals surface area contributed by atoms with Crippen molar-refractivity contribution in [3.05, 3.63) is 12.7 Å². The fourth-order valence-corrected chi connectivity index (χ4v) is 5.07. The third kappa shape index (κ3) is 9.83. The lowest BCUT2D eigenvalue weighted by atomic mass is 9.83. The quantitative estimate of drug-likeness (QED) is 0.419. The van der Waals surface area contributed by atoms with Crippen LogP contribution in [0.5, 0.6) is 0 Å². The predicted octanol–water partition coefficient (Wildman–Crippen LogP) is 5.55. The molecule has 0 spiro atoms. The van der Waals surface area contributed by atoms with Gasteiger partial charge in [0, 0.05) is 13.1 Å². The summed E-state index contributed by atoms with van der Waals surface area (Å²) in [5.74, 6) is -1.94. The molecule has 10 nitrogen and oxygen atoms in total. The van der Waals surface area contributed by atoms with E-state index in [1.54, 1.807) is 47.6 Å². The maximum atomic E-state index is 12.1. The molecule has 2 fully saturated rings. The van der Waals surface area contributed by atoms with Crippen molar-refractivity contribution in [1.82, 2.24) is 9.80 Å². The fourth-order valence-electron chi connectivity index (χ4n) is 5.07. The number of nitrogens with zero attached hydrogens (tertiary/aromatic N) is 2. The SMILES string of the molecule is C=CC[C@]1(C)C[C@@H](C(=O)O)N(C(=O)OC(C)(C)C)C1.CCC[C@]1(C)C[C@@H](C(=O)O)N(C(=O)OC(C)(C)C)C1. The highest BCUT2D eigenvalue weighted by molar-refractivity contribution is 5.81. The van der Waals surface area contributed by atoms with Gasteiger partial charge in [-0.15, -0.1) is 6.58 Å². The number of allylic oxidation sites excluding steroid dienone is 1. The van der Waals surface area contributed by atoms with Gasteiger partial charge in [-0.25, -0.2) is 19.2 Å². The monoisotopic (exact) mass is 540 g/mol. The van der Waals surface area contributed by atoms with E-state index < -0.39 is 47.4 Å². The highest BCUT2D eigenvalue weighted by Crippen LogP contribution is 2.40. The summed E-state index contributed by atoms with van der Waals surface area (Å²) < 4.78 is 10.6. The molecule has 0 aliphatic carbocycles. The molecule has 2 aliphatic rings. The first-order chi connectivity index (χ1) is 17.2. The van der Waals surface area contributed by atoms with Crippen molar-refractivity contribution in [2.45, 2.75) is 118 Å². The van der Waals surface area contributed by atoms with Crippen LogP contribution >= 0.6 is 0 Å². The number of amides is 2. The molecular formula is C28H48N2O8. The third-order valence-corrected chi connectivity index (χ3v) is 6.55. The van der Waals surface area contributed by atoms with Crippen LogP contribution in [0.1, 0.15) is 94.4 Å². The van der Waals surface area contributed by atoms with Crippen LogP contribution in [0.3, 0.4) is 0 Å². The van der Waals surface area contributed by atoms with E-state index >= 15 is 0 Å². The molecule has 2 heterocycles. The Kier molecular flexibility index (Phi) is 10.8. The van der Waals surface area contributed by atoms with E-state index in [0.717, 1.165) is 12.8 Å². The fraction of sp³-hybridized carbons (Fsp3) is 0.786. The maximum Gasteiger partial charge on any atom is 0.411 e. The highest BCUT2D eigenvalue weighted by atomic mass is 16.6. The number of carboxylic acids is 2. The van der Waals surface area contributed by atoms with Crippen molar-refractivity contribution < 1.29 is 38.9 Å². The average Bonchev–Trinajstić information content (AvgIpc) is 3.25. The summed E-state index contributed by atoms with van der Waals surface area (Å²) in [6.45, 7) is 21.2. The van der Waals surface area contributed by atoms with Gasteiger partial charge in [0.25, 0.3) is 0 Å². The molecule has 2 rings (SSSR count). The van der Waals surface area contributed by atoms with Gasteiger partial charge in [0.2, 0.25) is 0 Å². The Morgan fingerprint density at radius 2 is 1.21 bits per heavy atom. The molecule has 10 heteroatoms. The lowest BCUT2D eigenvalue weighted by Crippen LogP contribution is -2.43. The second-order valence-corrected chi connectivity index (χ2v) is 13.2. The molecule has 2 amide bonds. The summed E-state index contributed by atoms with van der Waals surface area (Å²) in [7, 11) is 0. The Morgan fingerprint density at radius 1 is 0.842 bits per heavy atom. The van der Waals surface area contributed by atoms with Crippen molar-refractivity contribution in [3.63, 3.8) is 0 Å². The standard InChI is InChI=1S/C14H25NO4.C14H23NO4/c2*1-6-7-14(5)8-10(11(16)17)15(9-14)12(18)19-13(2,3)4/h10H,6-9H2,1-5H3,(H,16,17);6,10H,1,7-9H2,2-5H3,(H,16,17)/t2*10-,14+/m00/s1. The van der Waals surface area contributed by atoms with Gasteiger partial charge in [-0.3, -0.25) is 9.80 Å². The number of carboxylic acid groups (broad SMARTS) is 2. The number of hydrogen-bond acceptors (Lipinski definition) is 6. The maximum absolute atomic E-state index is 12.1. The highest BCUT2D eigenvalue weighted by Gasteiger charge is 2.48. The number of likely N-dealkylation sites (tertiary alicyclic amines) is 2. The van der Waals surface area contributed by atoms with E-state index in [0.29, 0.717) is 32.4 Å². The minimum Gasteiger partial charge on any atom is -0.480 e. The van der Waals surface area contributed by atoms with Gasteiger partial charge in [0.15, 0.2) is 0 Å². The molecule has 2 N–H and O–H groups in total. The average molecular weight is 541 g/mol. The Balaban J connectivity index is 0.000000380. The van der Waals surface area contributed by atoms with Crippen LogP contribution in [0, 0.1) is 10.8 Å². The predicted molar refractivity (Wildman–Crippen MR) is 144 cm³/mol. The van der Waals surface area contributed by atoms with Crippen molar-refractivity contribution >= 4 is 24.1 Å². The smallest absolute Gasteiger partial charge is 0.411 e. The van der Waals surface area contributed by atoms with E-state index in [9.17, 15) is 29.4 Å². The Bertz CT molecular complexity index is 890. The molecule has 4 atom stereocenters. The number of aliphatic carboxylic acids is 2. The summed E-state index contributed by atoms with van der Waals surface area (Å²) in [6.07, 6.45) is 4.16. The van der Waals surface area contributed by atoms with E-state index in [1.165, 1.54) is 9.80 Å². The van der Waals surface area contributed by atoms with Crippen LogP contribution in [0.4, 0.5) is 9.59 Å². The molecule has 38 heavy (non-hydrogen) atoms. The van der Waals surface area contributed by atoms with Gasteiger partial charge in [-0.1, -0.05) is 33.3 Å². The lowest BCUT2D eigenvalue weighted by Gasteiger charge is -2.27. The Morgan fingerprint density at radius 3 is 1.53 bits per heavy atom. The minimum absolute atomic E-state index is 0.130. The molecule has 2 aliphatic heterocycles. The van der Waals surface area contributed by atoms with Gasteiger partial charge < -0.3 is 19.7 Å². The van der Waals surface area contributed by atoms with Crippen molar-refractivity contribution in [1.29, 1.82) is 0 Å². The zero-order chi connectivity index (χ0) is 29.7. The first-order valence-corrected chi connectivity index (χ1v) is 13.2. The van der Waals surface area contributed by atoms with Crippen LogP contribution < -0.4 is 0 Å². The summed E-state index contributed by atoms with van der Waals surface area (Å²) in [6, 6.07) is -1.59. The summed E-state index contributed by atoms with van der Waals surface area (Å²) in [5.41, 5.74) is -1.61. The van der Waals surface area contributed by atoms with Crippen LogP contribution in [0.25, 0.3) is 0 Å². The van der Waals surface area contributed by atoms with Crippen LogP contribution in [-0.2, 0) is 19.1 Å². The van der Waals surface area contributed by atoms with E-state index in [2.05, 4.69) is 13.5 Å². The minimum atomic E-state index is -0.987. The van der Waals surface area contributed by atoms with E-state index in [1.807, 2.05) is 13.8 Å². The Labute approximate surface area is 227 Å². The second-order valence-electron chi connectivity index (χ2n) is 13.2. The molecule has 218 valence electrons. The molecule has 0 aromatic heterocycles. The van der Waals surface area contributed by atoms with Crippen molar-refractivity contribution in [2.75, 3.05) is 13.1 Å². The number of carbonyl (C=O) groups excluding carboxylic acids is 2. The van der Waals surface area contributed by atoms with E-state index in [-0.39, 0.29) is 10.8 Å². The molecular weight excluding hydrogens is 492 g/mol. The third-order valence-electron chi connectivity index (χ3n) is 6.55. The van der Waals surface area contributed by atoms with E-state index in [4.69, 9.17) is 9.47 Å². The molecule has 2 saturated heterocycles. The number of hydrogen-bond donors (Lipinski definition) is 2. The molecule has 0 unspecified atom stereocenters. The molecule has 0 saturated carbocycles. The number of rotatable bonds is 6. The molecule has 0 radical (unpaired) electrons. The largest absolute Gasteiger partial charge is 0.480 e. The van der Waals surface area contributed by atoms with Crippen LogP contribution in [-0.4, -0.2) is 80.5 Å². The zero-order valence-electron chi connectivity index (χ0n) is 24.6. The van der Waals surface area contributed by atoms with Crippen LogP contribution in [0.15, 0.2) is 12.7 Å². The van der Waals surface area contributed by atoms with Crippen molar-refractivity contribution in [2.24, 2.45) is 10.8 Å². The number of carbonyl (C=O) groups is 4. The van der Waals surface area contributed by atoms with Crippen molar-refractivity contribution in [3.8, 4) is 0 Å². The summed E-state index contributed by atoms with van der Waals surface area (Å²) in [4.78, 5) is 49.5. The number of ether oxygens (including phenoxy) is 2. The molecule has 0 bridgehead atoms. The zero-order valence-corrected chi connectivity index (χ0v) is 24.6. The van der Waals surface area contributed by atoms with Gasteiger partial charge in [-0.05, 0) is 78.1 Å². The topological polar surface area (TPSA) is 134 Å². The van der Waals surface area contributed by atoms with Gasteiger partial charge >= 0.3 is 24.1 Å². The molecule has 0 aromatic carbocycles. The first-order valence-electron chi connectivity index (χ1n) is 13.2. The molecule has 0 aromatic rings. The summed E-state index contributed by atoms with van der Waals surface area (Å²) >= 11 is 0. The Hall–Kier alpha value is -2.78. The van der Waals surface area contributed by atoms with Gasteiger partial charge in [-0.2, -0.15) is 0 Å². The second kappa shape index (κ2) is 12.4. The van der Waals surface area contributed by atoms with Crippen LogP contribution in [0.2, 0.25) is 0 Å². The first kappa shape index (κ1) is 33.2. The van der Waals surface area contributed by atoms with Gasteiger partial charge in [0.1, 0.15) is 23.3 Å². The normalized spacial score (nSPS) is 27.3.